The summed E-state index contributed by atoms with van der Waals surface area (Å²) in [5.41, 5.74) is 2.88. The highest BCUT2D eigenvalue weighted by Gasteiger charge is 2.60. The number of rotatable bonds is 4. The molecular formula is C20H26N2O2. The van der Waals surface area contributed by atoms with Crippen molar-refractivity contribution in [3.05, 3.63) is 35.9 Å². The van der Waals surface area contributed by atoms with E-state index in [0.29, 0.717) is 12.3 Å². The van der Waals surface area contributed by atoms with Crippen LogP contribution in [0.1, 0.15) is 40.5 Å². The number of hydrogen-bond acceptors (Lipinski definition) is 2. The van der Waals surface area contributed by atoms with Gasteiger partial charge < -0.3 is 10.2 Å². The third-order valence-electron chi connectivity index (χ3n) is 5.20. The molecule has 1 aromatic rings. The largest absolute Gasteiger partial charge is 0.326 e. The monoisotopic (exact) mass is 326 g/mol. The number of benzene rings is 1. The minimum atomic E-state index is 0.00385. The van der Waals surface area contributed by atoms with Crippen LogP contribution in [0.25, 0.3) is 0 Å². The molecule has 1 aliphatic carbocycles. The summed E-state index contributed by atoms with van der Waals surface area (Å²) >= 11 is 0. The van der Waals surface area contributed by atoms with Crippen LogP contribution < -0.4 is 10.2 Å². The summed E-state index contributed by atoms with van der Waals surface area (Å²) in [6.45, 7) is 9.18. The predicted molar refractivity (Wildman–Crippen MR) is 96.9 cm³/mol. The van der Waals surface area contributed by atoms with Crippen molar-refractivity contribution in [2.24, 2.45) is 17.3 Å². The van der Waals surface area contributed by atoms with Gasteiger partial charge in [0.2, 0.25) is 11.8 Å². The number of carbonyl (C=O) groups excluding carboxylic acids is 2. The Bertz CT molecular complexity index is 701. The molecule has 128 valence electrons. The Morgan fingerprint density at radius 1 is 1.33 bits per heavy atom. The second-order valence-corrected chi connectivity index (χ2v) is 7.76. The first kappa shape index (κ1) is 16.7. The van der Waals surface area contributed by atoms with E-state index in [1.165, 1.54) is 5.57 Å². The van der Waals surface area contributed by atoms with Crippen molar-refractivity contribution in [3.63, 3.8) is 0 Å². The van der Waals surface area contributed by atoms with E-state index in [2.05, 4.69) is 39.1 Å². The van der Waals surface area contributed by atoms with Crippen molar-refractivity contribution in [2.75, 3.05) is 16.8 Å². The summed E-state index contributed by atoms with van der Waals surface area (Å²) in [7, 11) is 0. The molecular weight excluding hydrogens is 300 g/mol. The Balaban J connectivity index is 1.72. The maximum absolute atomic E-state index is 12.7. The van der Waals surface area contributed by atoms with Crippen LogP contribution >= 0.6 is 0 Å². The van der Waals surface area contributed by atoms with Gasteiger partial charge in [-0.1, -0.05) is 31.6 Å². The quantitative estimate of drug-likeness (QED) is 0.851. The van der Waals surface area contributed by atoms with Gasteiger partial charge in [-0.05, 0) is 49.8 Å². The Morgan fingerprint density at radius 2 is 2.08 bits per heavy atom. The number of nitrogens with one attached hydrogen (secondary N) is 1. The Hall–Kier alpha value is -2.10. The van der Waals surface area contributed by atoms with Crippen molar-refractivity contribution in [2.45, 2.75) is 40.5 Å². The molecule has 2 atom stereocenters. The van der Waals surface area contributed by atoms with Crippen molar-refractivity contribution in [1.82, 2.24) is 0 Å². The molecule has 0 bridgehead atoms. The van der Waals surface area contributed by atoms with Crippen LogP contribution in [0.3, 0.4) is 0 Å². The number of nitrogens with zero attached hydrogens (tertiary/aromatic N) is 1. The van der Waals surface area contributed by atoms with Gasteiger partial charge in [-0.2, -0.15) is 0 Å². The van der Waals surface area contributed by atoms with E-state index >= 15 is 0 Å². The first-order valence-electron chi connectivity index (χ1n) is 8.67. The van der Waals surface area contributed by atoms with E-state index in [1.807, 2.05) is 24.3 Å². The molecule has 1 N–H and O–H groups in total. The van der Waals surface area contributed by atoms with Crippen LogP contribution in [-0.4, -0.2) is 18.4 Å². The molecule has 3 rings (SSSR count). The Kier molecular flexibility index (Phi) is 4.24. The lowest BCUT2D eigenvalue weighted by atomic mass is 10.1. The van der Waals surface area contributed by atoms with E-state index in [0.717, 1.165) is 24.3 Å². The van der Waals surface area contributed by atoms with Crippen molar-refractivity contribution >= 4 is 23.2 Å². The Labute approximate surface area is 143 Å². The topological polar surface area (TPSA) is 49.4 Å². The summed E-state index contributed by atoms with van der Waals surface area (Å²) in [6.07, 6.45) is 3.71. The van der Waals surface area contributed by atoms with Gasteiger partial charge in [0.25, 0.3) is 0 Å². The number of hydrogen-bond donors (Lipinski definition) is 1. The van der Waals surface area contributed by atoms with E-state index in [1.54, 1.807) is 4.90 Å². The van der Waals surface area contributed by atoms with Crippen LogP contribution in [0.4, 0.5) is 11.4 Å². The lowest BCUT2D eigenvalue weighted by molar-refractivity contribution is -0.118. The highest BCUT2D eigenvalue weighted by Crippen LogP contribution is 2.59. The molecule has 2 aliphatic rings. The zero-order valence-electron chi connectivity index (χ0n) is 14.9. The molecule has 0 unspecified atom stereocenters. The minimum Gasteiger partial charge on any atom is -0.326 e. The molecule has 0 aromatic heterocycles. The van der Waals surface area contributed by atoms with Gasteiger partial charge in [0, 0.05) is 24.3 Å². The molecule has 4 nitrogen and oxygen atoms in total. The number of amides is 2. The molecule has 2 amide bonds. The summed E-state index contributed by atoms with van der Waals surface area (Å²) in [5, 5.41) is 3.04. The standard InChI is InChI=1S/C20H26N2O2/c1-13(2)11-16-18(20(16,3)4)19(24)21-14-7-5-8-15(12-14)22-10-6-9-17(22)23/h5,7-8,11-12,16,18H,6,9-10H2,1-4H3,(H,21,24)/t16-,18-/m1/s1. The van der Waals surface area contributed by atoms with E-state index in [-0.39, 0.29) is 23.1 Å². The lowest BCUT2D eigenvalue weighted by Gasteiger charge is -2.17. The molecule has 0 spiro atoms. The van der Waals surface area contributed by atoms with Crippen molar-refractivity contribution in [1.29, 1.82) is 0 Å². The summed E-state index contributed by atoms with van der Waals surface area (Å²) in [6, 6.07) is 7.59. The summed E-state index contributed by atoms with van der Waals surface area (Å²) in [4.78, 5) is 26.3. The van der Waals surface area contributed by atoms with Gasteiger partial charge in [-0.15, -0.1) is 0 Å². The molecule has 1 saturated carbocycles. The van der Waals surface area contributed by atoms with E-state index in [9.17, 15) is 9.59 Å². The Morgan fingerprint density at radius 3 is 2.71 bits per heavy atom. The first-order chi connectivity index (χ1) is 11.3. The third kappa shape index (κ3) is 3.10. The van der Waals surface area contributed by atoms with Gasteiger partial charge in [-0.3, -0.25) is 9.59 Å². The average Bonchev–Trinajstić information content (AvgIpc) is 2.82. The second-order valence-electron chi connectivity index (χ2n) is 7.76. The molecule has 1 saturated heterocycles. The highest BCUT2D eigenvalue weighted by molar-refractivity contribution is 5.98. The minimum absolute atomic E-state index is 0.00385. The maximum atomic E-state index is 12.7. The molecule has 1 aromatic carbocycles. The summed E-state index contributed by atoms with van der Waals surface area (Å²) in [5.74, 6) is 0.521. The van der Waals surface area contributed by atoms with E-state index < -0.39 is 0 Å². The molecule has 1 heterocycles. The summed E-state index contributed by atoms with van der Waals surface area (Å²) < 4.78 is 0. The molecule has 2 fully saturated rings. The maximum Gasteiger partial charge on any atom is 0.228 e. The fourth-order valence-electron chi connectivity index (χ4n) is 3.74. The van der Waals surface area contributed by atoms with Gasteiger partial charge in [0.05, 0.1) is 5.92 Å². The predicted octanol–water partition coefficient (Wildman–Crippen LogP) is 3.99. The van der Waals surface area contributed by atoms with E-state index in [4.69, 9.17) is 0 Å². The van der Waals surface area contributed by atoms with Crippen molar-refractivity contribution in [3.8, 4) is 0 Å². The molecule has 24 heavy (non-hydrogen) atoms. The average molecular weight is 326 g/mol. The fourth-order valence-corrected chi connectivity index (χ4v) is 3.74. The van der Waals surface area contributed by atoms with Gasteiger partial charge in [0.15, 0.2) is 0 Å². The van der Waals surface area contributed by atoms with Gasteiger partial charge in [-0.25, -0.2) is 0 Å². The third-order valence-corrected chi connectivity index (χ3v) is 5.20. The van der Waals surface area contributed by atoms with Crippen LogP contribution in [-0.2, 0) is 9.59 Å². The molecule has 1 aliphatic heterocycles. The number of allylic oxidation sites excluding steroid dienone is 2. The SMILES string of the molecule is CC(C)=C[C@@H]1[C@H](C(=O)Nc2cccc(N3CCCC3=O)c2)C1(C)C. The highest BCUT2D eigenvalue weighted by atomic mass is 16.2. The van der Waals surface area contributed by atoms with Gasteiger partial charge >= 0.3 is 0 Å². The number of carbonyl (C=O) groups is 2. The molecule has 4 heteroatoms. The van der Waals surface area contributed by atoms with Crippen LogP contribution in [0.5, 0.6) is 0 Å². The van der Waals surface area contributed by atoms with Crippen LogP contribution in [0.15, 0.2) is 35.9 Å². The normalized spacial score (nSPS) is 24.7. The fraction of sp³-hybridized carbons (Fsp3) is 0.500. The van der Waals surface area contributed by atoms with Crippen molar-refractivity contribution < 1.29 is 9.59 Å². The van der Waals surface area contributed by atoms with Crippen LogP contribution in [0, 0.1) is 17.3 Å². The zero-order valence-corrected chi connectivity index (χ0v) is 14.9. The second kappa shape index (κ2) is 6.08. The lowest BCUT2D eigenvalue weighted by Crippen LogP contribution is -2.24. The van der Waals surface area contributed by atoms with Gasteiger partial charge in [0.1, 0.15) is 0 Å². The zero-order chi connectivity index (χ0) is 17.5. The molecule has 0 radical (unpaired) electrons. The smallest absolute Gasteiger partial charge is 0.228 e. The first-order valence-corrected chi connectivity index (χ1v) is 8.67. The number of anilines is 2. The van der Waals surface area contributed by atoms with Crippen LogP contribution in [0.2, 0.25) is 0 Å².